The Kier molecular flexibility index (Phi) is 6.35. The molecule has 1 saturated heterocycles. The molecule has 2 aliphatic rings. The zero-order chi connectivity index (χ0) is 20.3. The van der Waals surface area contributed by atoms with Crippen LogP contribution in [0.15, 0.2) is 47.7 Å². The zero-order valence-electron chi connectivity index (χ0n) is 15.7. The molecule has 2 aliphatic heterocycles. The Balaban J connectivity index is 0.00000136. The van der Waals surface area contributed by atoms with Gasteiger partial charge in [0.15, 0.2) is 0 Å². The van der Waals surface area contributed by atoms with Gasteiger partial charge in [0.05, 0.1) is 34.2 Å². The lowest BCUT2D eigenvalue weighted by Gasteiger charge is -2.36. The van der Waals surface area contributed by atoms with Crippen LogP contribution in [0, 0.1) is 6.92 Å². The predicted molar refractivity (Wildman–Crippen MR) is 124 cm³/mol. The Morgan fingerprint density at radius 3 is 2.48 bits per heavy atom. The number of halogens is 2. The number of aryl methyl sites for hydroxylation is 1. The van der Waals surface area contributed by atoms with Gasteiger partial charge in [0.2, 0.25) is 0 Å². The highest BCUT2D eigenvalue weighted by atomic mass is 35.5. The molecule has 0 N–H and O–H groups in total. The van der Waals surface area contributed by atoms with E-state index in [1.807, 2.05) is 24.0 Å². The van der Waals surface area contributed by atoms with Crippen LogP contribution in [-0.2, 0) is 6.54 Å². The van der Waals surface area contributed by atoms with Crippen LogP contribution in [0.3, 0.4) is 0 Å². The van der Waals surface area contributed by atoms with Crippen molar-refractivity contribution in [1.29, 1.82) is 0 Å². The summed E-state index contributed by atoms with van der Waals surface area (Å²) in [6.07, 6.45) is 5.07. The Morgan fingerprint density at radius 1 is 1.03 bits per heavy atom. The standard InChI is InChI=1S/C21H18Cl2N4O2.2CH4/c1-12-9-25(11-24-12)18-6-7-19-21(29)27-14(10-26(19)20(18)28)3-5-17(27)13-2-4-15(22)16(23)8-13;;/h2,4,6-9,11,14,17H,3,5,10H2,1H3;2*1H4. The van der Waals surface area contributed by atoms with Crippen LogP contribution in [-0.4, -0.2) is 31.0 Å². The molecule has 1 aromatic carbocycles. The van der Waals surface area contributed by atoms with Crippen molar-refractivity contribution in [3.05, 3.63) is 80.2 Å². The quantitative estimate of drug-likeness (QED) is 0.522. The molecule has 0 saturated carbocycles. The number of amides is 1. The minimum atomic E-state index is -0.175. The van der Waals surface area contributed by atoms with Crippen LogP contribution in [0.25, 0.3) is 5.69 Å². The van der Waals surface area contributed by atoms with Gasteiger partial charge in [-0.25, -0.2) is 4.98 Å². The maximum Gasteiger partial charge on any atom is 0.275 e. The van der Waals surface area contributed by atoms with Crippen molar-refractivity contribution in [3.8, 4) is 5.69 Å². The molecule has 31 heavy (non-hydrogen) atoms. The highest BCUT2D eigenvalue weighted by molar-refractivity contribution is 6.42. The summed E-state index contributed by atoms with van der Waals surface area (Å²) in [6.45, 7) is 2.36. The van der Waals surface area contributed by atoms with Crippen molar-refractivity contribution in [2.45, 2.75) is 53.2 Å². The molecule has 0 radical (unpaired) electrons. The van der Waals surface area contributed by atoms with E-state index in [0.717, 1.165) is 24.1 Å². The molecule has 1 amide bonds. The number of carbonyl (C=O) groups excluding carboxylic acids is 1. The molecule has 0 aliphatic carbocycles. The van der Waals surface area contributed by atoms with Gasteiger partial charge in [-0.15, -0.1) is 0 Å². The third-order valence-corrected chi connectivity index (χ3v) is 6.56. The van der Waals surface area contributed by atoms with Gasteiger partial charge >= 0.3 is 0 Å². The summed E-state index contributed by atoms with van der Waals surface area (Å²) in [5, 5.41) is 0.975. The maximum absolute atomic E-state index is 13.3. The maximum atomic E-state index is 13.3. The van der Waals surface area contributed by atoms with Crippen molar-refractivity contribution >= 4 is 29.1 Å². The number of fused-ring (bicyclic) bond motifs is 2. The fourth-order valence-corrected chi connectivity index (χ4v) is 4.75. The number of hydrogen-bond donors (Lipinski definition) is 0. The van der Waals surface area contributed by atoms with Gasteiger partial charge in [0.1, 0.15) is 11.4 Å². The molecule has 1 fully saturated rings. The first kappa shape index (κ1) is 23.1. The second-order valence-corrected chi connectivity index (χ2v) is 8.39. The summed E-state index contributed by atoms with van der Waals surface area (Å²) in [4.78, 5) is 32.5. The van der Waals surface area contributed by atoms with Gasteiger partial charge < -0.3 is 14.0 Å². The average Bonchev–Trinajstić information content (AvgIpc) is 3.32. The number of aromatic nitrogens is 3. The van der Waals surface area contributed by atoms with Crippen LogP contribution in [0.1, 0.15) is 55.5 Å². The molecular weight excluding hydrogens is 435 g/mol. The topological polar surface area (TPSA) is 60.1 Å². The summed E-state index contributed by atoms with van der Waals surface area (Å²) >= 11 is 12.2. The lowest BCUT2D eigenvalue weighted by Crippen LogP contribution is -2.49. The van der Waals surface area contributed by atoms with Crippen LogP contribution in [0.2, 0.25) is 10.0 Å². The normalized spacial score (nSPS) is 19.3. The fraction of sp³-hybridized carbons (Fsp3) is 0.348. The van der Waals surface area contributed by atoms with Crippen LogP contribution >= 0.6 is 23.2 Å². The SMILES string of the molecule is C.C.Cc1cn(-c2ccc3n(c2=O)CC2CCC(c4ccc(Cl)c(Cl)c4)N2C3=O)cn1. The Hall–Kier alpha value is -2.57. The first-order valence-corrected chi connectivity index (χ1v) is 10.2. The van der Waals surface area contributed by atoms with Gasteiger partial charge in [-0.3, -0.25) is 9.59 Å². The van der Waals surface area contributed by atoms with E-state index < -0.39 is 0 Å². The molecule has 5 rings (SSSR count). The van der Waals surface area contributed by atoms with Gasteiger partial charge in [-0.2, -0.15) is 0 Å². The second kappa shape index (κ2) is 8.52. The number of pyridine rings is 1. The van der Waals surface area contributed by atoms with E-state index in [-0.39, 0.29) is 38.4 Å². The van der Waals surface area contributed by atoms with Crippen molar-refractivity contribution in [2.24, 2.45) is 0 Å². The highest BCUT2D eigenvalue weighted by Gasteiger charge is 2.42. The van der Waals surface area contributed by atoms with E-state index in [2.05, 4.69) is 4.98 Å². The van der Waals surface area contributed by atoms with Gasteiger partial charge in [0.25, 0.3) is 11.5 Å². The Bertz CT molecular complexity index is 1200. The van der Waals surface area contributed by atoms with E-state index in [4.69, 9.17) is 23.2 Å². The number of imidazole rings is 1. The van der Waals surface area contributed by atoms with E-state index >= 15 is 0 Å². The van der Waals surface area contributed by atoms with Crippen molar-refractivity contribution < 1.29 is 4.79 Å². The second-order valence-electron chi connectivity index (χ2n) is 7.57. The van der Waals surface area contributed by atoms with Gasteiger partial charge in [0, 0.05) is 12.7 Å². The smallest absolute Gasteiger partial charge is 0.275 e. The molecule has 0 bridgehead atoms. The summed E-state index contributed by atoms with van der Waals surface area (Å²) in [6, 6.07) is 8.84. The average molecular weight is 461 g/mol. The first-order valence-electron chi connectivity index (χ1n) is 9.46. The number of benzene rings is 1. The van der Waals surface area contributed by atoms with Crippen LogP contribution in [0.5, 0.6) is 0 Å². The lowest BCUT2D eigenvalue weighted by molar-refractivity contribution is 0.0583. The van der Waals surface area contributed by atoms with Crippen molar-refractivity contribution in [2.75, 3.05) is 0 Å². The Labute approximate surface area is 192 Å². The monoisotopic (exact) mass is 460 g/mol. The van der Waals surface area contributed by atoms with E-state index in [1.54, 1.807) is 39.9 Å². The van der Waals surface area contributed by atoms with Crippen molar-refractivity contribution in [1.82, 2.24) is 19.0 Å². The predicted octanol–water partition coefficient (Wildman–Crippen LogP) is 5.28. The molecular formula is C23H26Cl2N4O2. The molecule has 0 spiro atoms. The van der Waals surface area contributed by atoms with Gasteiger partial charge in [-0.1, -0.05) is 44.1 Å². The molecule has 2 aromatic heterocycles. The largest absolute Gasteiger partial charge is 0.326 e. The lowest BCUT2D eigenvalue weighted by atomic mass is 10.0. The molecule has 4 heterocycles. The van der Waals surface area contributed by atoms with E-state index in [0.29, 0.717) is 28.0 Å². The van der Waals surface area contributed by atoms with E-state index in [1.165, 1.54) is 0 Å². The molecule has 8 heteroatoms. The first-order chi connectivity index (χ1) is 13.9. The van der Waals surface area contributed by atoms with Crippen LogP contribution < -0.4 is 5.56 Å². The van der Waals surface area contributed by atoms with E-state index in [9.17, 15) is 9.59 Å². The summed E-state index contributed by atoms with van der Waals surface area (Å²) in [5.41, 5.74) is 2.53. The number of rotatable bonds is 2. The molecule has 164 valence electrons. The Morgan fingerprint density at radius 2 is 1.81 bits per heavy atom. The number of nitrogens with zero attached hydrogens (tertiary/aromatic N) is 4. The summed E-state index contributed by atoms with van der Waals surface area (Å²) in [5.74, 6) is -0.125. The summed E-state index contributed by atoms with van der Waals surface area (Å²) < 4.78 is 3.31. The fourth-order valence-electron chi connectivity index (χ4n) is 4.44. The van der Waals surface area contributed by atoms with Crippen molar-refractivity contribution in [3.63, 3.8) is 0 Å². The number of carbonyl (C=O) groups is 1. The minimum absolute atomic E-state index is 0. The minimum Gasteiger partial charge on any atom is -0.326 e. The molecule has 2 unspecified atom stereocenters. The zero-order valence-corrected chi connectivity index (χ0v) is 17.2. The van der Waals surface area contributed by atoms with Crippen LogP contribution in [0.4, 0.5) is 0 Å². The third kappa shape index (κ3) is 3.68. The molecule has 3 aromatic rings. The number of hydrogen-bond acceptors (Lipinski definition) is 3. The summed E-state index contributed by atoms with van der Waals surface area (Å²) in [7, 11) is 0. The highest BCUT2D eigenvalue weighted by Crippen LogP contribution is 2.41. The molecule has 6 nitrogen and oxygen atoms in total. The third-order valence-electron chi connectivity index (χ3n) is 5.82. The van der Waals surface area contributed by atoms with Gasteiger partial charge in [-0.05, 0) is 49.6 Å². The molecule has 2 atom stereocenters.